The largest absolute Gasteiger partial charge is 0.320 e. The highest BCUT2D eigenvalue weighted by molar-refractivity contribution is 6.05. The maximum atomic E-state index is 11.9. The molecule has 2 rings (SSSR count). The first kappa shape index (κ1) is 12.7. The first-order valence-electron chi connectivity index (χ1n) is 5.55. The summed E-state index contributed by atoms with van der Waals surface area (Å²) in [6, 6.07) is 5.54. The summed E-state index contributed by atoms with van der Waals surface area (Å²) < 4.78 is 0. The van der Waals surface area contributed by atoms with E-state index in [-0.39, 0.29) is 11.4 Å². The quantitative estimate of drug-likeness (QED) is 0.652. The van der Waals surface area contributed by atoms with Crippen LogP contribution >= 0.6 is 0 Å². The fraction of sp³-hybridized carbons (Fsp3) is 0.167. The zero-order valence-electron chi connectivity index (χ0n) is 10.4. The van der Waals surface area contributed by atoms with Crippen molar-refractivity contribution in [3.05, 3.63) is 51.3 Å². The average molecular weight is 260 g/mol. The van der Waals surface area contributed by atoms with Crippen LogP contribution in [0.1, 0.15) is 21.6 Å². The van der Waals surface area contributed by atoms with E-state index >= 15 is 0 Å². The maximum Gasteiger partial charge on any atom is 0.319 e. The van der Waals surface area contributed by atoms with E-state index in [1.807, 2.05) is 19.9 Å². The van der Waals surface area contributed by atoms with Gasteiger partial charge in [-0.15, -0.1) is 0 Å². The minimum atomic E-state index is -0.653. The van der Waals surface area contributed by atoms with Gasteiger partial charge in [-0.1, -0.05) is 6.07 Å². The molecule has 1 amide bonds. The molecule has 0 spiro atoms. The van der Waals surface area contributed by atoms with Crippen molar-refractivity contribution in [2.45, 2.75) is 13.8 Å². The molecule has 0 radical (unpaired) electrons. The summed E-state index contributed by atoms with van der Waals surface area (Å²) >= 11 is 0. The van der Waals surface area contributed by atoms with Gasteiger partial charge in [0.2, 0.25) is 5.69 Å². The summed E-state index contributed by atoms with van der Waals surface area (Å²) in [6.07, 6.45) is 1.01. The van der Waals surface area contributed by atoms with E-state index in [0.717, 1.165) is 17.3 Å². The summed E-state index contributed by atoms with van der Waals surface area (Å²) in [5.41, 5.74) is 2.07. The van der Waals surface area contributed by atoms with Crippen LogP contribution in [-0.2, 0) is 0 Å². The lowest BCUT2D eigenvalue weighted by molar-refractivity contribution is -0.385. The minimum absolute atomic E-state index is 0.163. The average Bonchev–Trinajstić information content (AvgIpc) is 2.75. The van der Waals surface area contributed by atoms with Crippen molar-refractivity contribution in [3.8, 4) is 0 Å². The normalized spacial score (nSPS) is 10.2. The summed E-state index contributed by atoms with van der Waals surface area (Å²) in [6.45, 7) is 3.81. The van der Waals surface area contributed by atoms with Crippen LogP contribution in [-0.4, -0.2) is 21.0 Å². The number of aromatic nitrogens is 2. The molecule has 0 saturated heterocycles. The second-order valence-electron chi connectivity index (χ2n) is 4.22. The lowest BCUT2D eigenvalue weighted by Crippen LogP contribution is -2.14. The molecular weight excluding hydrogens is 248 g/mol. The lowest BCUT2D eigenvalue weighted by atomic mass is 10.1. The van der Waals surface area contributed by atoms with Gasteiger partial charge < -0.3 is 5.32 Å². The van der Waals surface area contributed by atoms with Gasteiger partial charge in [0.05, 0.1) is 4.92 Å². The number of carbonyl (C=O) groups excluding carboxylic acids is 1. The Morgan fingerprint density at radius 3 is 2.53 bits per heavy atom. The van der Waals surface area contributed by atoms with Crippen LogP contribution in [0.4, 0.5) is 11.4 Å². The summed E-state index contributed by atoms with van der Waals surface area (Å²) in [7, 11) is 0. The van der Waals surface area contributed by atoms with E-state index in [2.05, 4.69) is 15.5 Å². The Hall–Kier alpha value is -2.70. The molecule has 98 valence electrons. The van der Waals surface area contributed by atoms with E-state index in [4.69, 9.17) is 0 Å². The molecular formula is C12H12N4O3. The second kappa shape index (κ2) is 4.89. The molecule has 1 aromatic heterocycles. The number of nitro groups is 1. The maximum absolute atomic E-state index is 11.9. The Balaban J connectivity index is 2.25. The van der Waals surface area contributed by atoms with Crippen molar-refractivity contribution in [1.82, 2.24) is 10.2 Å². The number of benzene rings is 1. The third kappa shape index (κ3) is 2.76. The van der Waals surface area contributed by atoms with Gasteiger partial charge >= 0.3 is 5.69 Å². The zero-order chi connectivity index (χ0) is 14.0. The summed E-state index contributed by atoms with van der Waals surface area (Å²) in [5, 5.41) is 19.2. The van der Waals surface area contributed by atoms with E-state index in [0.29, 0.717) is 5.69 Å². The number of amides is 1. The van der Waals surface area contributed by atoms with Crippen LogP contribution in [0.2, 0.25) is 0 Å². The Labute approximate surface area is 108 Å². The molecule has 1 heterocycles. The number of hydrogen-bond acceptors (Lipinski definition) is 4. The molecule has 0 aliphatic carbocycles. The molecule has 0 bridgehead atoms. The van der Waals surface area contributed by atoms with Crippen molar-refractivity contribution in [1.29, 1.82) is 0 Å². The molecule has 7 heteroatoms. The molecule has 2 N–H and O–H groups in total. The van der Waals surface area contributed by atoms with Crippen LogP contribution in [0, 0.1) is 24.0 Å². The van der Waals surface area contributed by atoms with Gasteiger partial charge in [-0.2, -0.15) is 5.10 Å². The Morgan fingerprint density at radius 2 is 1.95 bits per heavy atom. The molecule has 0 atom stereocenters. The minimum Gasteiger partial charge on any atom is -0.320 e. The van der Waals surface area contributed by atoms with Crippen LogP contribution in [0.25, 0.3) is 0 Å². The van der Waals surface area contributed by atoms with Crippen molar-refractivity contribution in [2.75, 3.05) is 5.32 Å². The van der Waals surface area contributed by atoms with Gasteiger partial charge in [0.1, 0.15) is 6.20 Å². The number of hydrogen-bond donors (Lipinski definition) is 2. The van der Waals surface area contributed by atoms with Crippen LogP contribution < -0.4 is 5.32 Å². The molecule has 1 aromatic carbocycles. The predicted octanol–water partition coefficient (Wildman–Crippen LogP) is 2.19. The smallest absolute Gasteiger partial charge is 0.319 e. The highest BCUT2D eigenvalue weighted by Crippen LogP contribution is 2.18. The number of aryl methyl sites for hydroxylation is 2. The monoisotopic (exact) mass is 260 g/mol. The Morgan fingerprint density at radius 1 is 1.32 bits per heavy atom. The molecule has 7 nitrogen and oxygen atoms in total. The summed E-state index contributed by atoms with van der Waals surface area (Å²) in [5.74, 6) is -0.589. The Bertz CT molecular complexity index is 628. The van der Waals surface area contributed by atoms with Crippen molar-refractivity contribution in [2.24, 2.45) is 0 Å². The Kier molecular flexibility index (Phi) is 3.28. The molecule has 0 aliphatic rings. The van der Waals surface area contributed by atoms with Crippen LogP contribution in [0.5, 0.6) is 0 Å². The number of nitrogens with zero attached hydrogens (tertiary/aromatic N) is 2. The van der Waals surface area contributed by atoms with E-state index in [1.165, 1.54) is 0 Å². The molecule has 19 heavy (non-hydrogen) atoms. The third-order valence-electron chi connectivity index (χ3n) is 2.52. The van der Waals surface area contributed by atoms with Gasteiger partial charge in [0.25, 0.3) is 5.91 Å². The number of aromatic amines is 1. The van der Waals surface area contributed by atoms with Crippen LogP contribution in [0.15, 0.2) is 24.4 Å². The van der Waals surface area contributed by atoms with Crippen molar-refractivity contribution in [3.63, 3.8) is 0 Å². The second-order valence-corrected chi connectivity index (χ2v) is 4.22. The molecule has 0 fully saturated rings. The van der Waals surface area contributed by atoms with E-state index in [9.17, 15) is 14.9 Å². The van der Waals surface area contributed by atoms with Gasteiger partial charge in [-0.3, -0.25) is 20.0 Å². The fourth-order valence-electron chi connectivity index (χ4n) is 1.83. The third-order valence-corrected chi connectivity index (χ3v) is 2.52. The van der Waals surface area contributed by atoms with Gasteiger partial charge in [0.15, 0.2) is 0 Å². The molecule has 0 unspecified atom stereocenters. The number of nitrogens with one attached hydrogen (secondary N) is 2. The predicted molar refractivity (Wildman–Crippen MR) is 69.1 cm³/mol. The molecule has 2 aromatic rings. The first-order chi connectivity index (χ1) is 8.97. The number of H-pyrrole nitrogens is 1. The number of carbonyl (C=O) groups is 1. The topological polar surface area (TPSA) is 101 Å². The highest BCUT2D eigenvalue weighted by atomic mass is 16.6. The van der Waals surface area contributed by atoms with Crippen molar-refractivity contribution < 1.29 is 9.72 Å². The molecule has 0 saturated carbocycles. The van der Waals surface area contributed by atoms with Gasteiger partial charge in [-0.25, -0.2) is 0 Å². The first-order valence-corrected chi connectivity index (χ1v) is 5.55. The standard InChI is InChI=1S/C12H12N4O3/c1-7-3-8(2)5-9(4-7)14-12(17)11-10(16(18)19)6-13-15-11/h3-6H,1-2H3,(H,13,15)(H,14,17). The van der Waals surface area contributed by atoms with E-state index < -0.39 is 10.8 Å². The van der Waals surface area contributed by atoms with Gasteiger partial charge in [-0.05, 0) is 37.1 Å². The van der Waals surface area contributed by atoms with Crippen LogP contribution in [0.3, 0.4) is 0 Å². The lowest BCUT2D eigenvalue weighted by Gasteiger charge is -2.06. The van der Waals surface area contributed by atoms with E-state index in [1.54, 1.807) is 12.1 Å². The summed E-state index contributed by atoms with van der Waals surface area (Å²) in [4.78, 5) is 22.0. The zero-order valence-corrected chi connectivity index (χ0v) is 10.4. The molecule has 0 aliphatic heterocycles. The highest BCUT2D eigenvalue weighted by Gasteiger charge is 2.22. The number of rotatable bonds is 3. The SMILES string of the molecule is Cc1cc(C)cc(NC(=O)c2[nH]ncc2[N+](=O)[O-])c1. The van der Waals surface area contributed by atoms with Crippen molar-refractivity contribution >= 4 is 17.3 Å². The fourth-order valence-corrected chi connectivity index (χ4v) is 1.83. The number of anilines is 1. The van der Waals surface area contributed by atoms with Gasteiger partial charge in [0, 0.05) is 5.69 Å².